The molecule has 0 aliphatic rings. The van der Waals surface area contributed by atoms with Crippen LogP contribution in [0.15, 0.2) is 47.3 Å². The SMILES string of the molecule is O=[N+]([O-])c1ccc(-n2ccc3cc(Br)cnc32)nc1. The predicted molar refractivity (Wildman–Crippen MR) is 73.2 cm³/mol. The Labute approximate surface area is 116 Å². The molecule has 0 spiro atoms. The zero-order chi connectivity index (χ0) is 13.4. The molecule has 3 aromatic rings. The summed E-state index contributed by atoms with van der Waals surface area (Å²) < 4.78 is 2.68. The molecule has 0 fully saturated rings. The predicted octanol–water partition coefficient (Wildman–Crippen LogP) is 3.09. The van der Waals surface area contributed by atoms with Crippen molar-refractivity contribution in [2.24, 2.45) is 0 Å². The number of pyridine rings is 2. The quantitative estimate of drug-likeness (QED) is 0.537. The van der Waals surface area contributed by atoms with Gasteiger partial charge in [-0.2, -0.15) is 0 Å². The van der Waals surface area contributed by atoms with Crippen LogP contribution in [-0.4, -0.2) is 19.5 Å². The highest BCUT2D eigenvalue weighted by atomic mass is 79.9. The fourth-order valence-corrected chi connectivity index (χ4v) is 2.16. The van der Waals surface area contributed by atoms with Crippen molar-refractivity contribution in [3.8, 4) is 5.82 Å². The van der Waals surface area contributed by atoms with Crippen LogP contribution >= 0.6 is 15.9 Å². The standard InChI is InChI=1S/C12H7BrN4O2/c13-9-5-8-3-4-16(12(8)15-6-9)11-2-1-10(7-14-11)17(18)19/h1-7H. The molecule has 0 saturated heterocycles. The van der Waals surface area contributed by atoms with Crippen molar-refractivity contribution in [2.45, 2.75) is 0 Å². The molecule has 0 radical (unpaired) electrons. The summed E-state index contributed by atoms with van der Waals surface area (Å²) in [5.41, 5.74) is 0.723. The van der Waals surface area contributed by atoms with Crippen molar-refractivity contribution >= 4 is 32.7 Å². The van der Waals surface area contributed by atoms with Crippen molar-refractivity contribution in [3.63, 3.8) is 0 Å². The Morgan fingerprint density at radius 3 is 2.74 bits per heavy atom. The van der Waals surface area contributed by atoms with Gasteiger partial charge in [-0.05, 0) is 34.1 Å². The summed E-state index contributed by atoms with van der Waals surface area (Å²) in [5.74, 6) is 0.593. The van der Waals surface area contributed by atoms with Crippen LogP contribution in [-0.2, 0) is 0 Å². The van der Waals surface area contributed by atoms with E-state index in [-0.39, 0.29) is 5.69 Å². The maximum absolute atomic E-state index is 10.6. The number of hydrogen-bond acceptors (Lipinski definition) is 4. The number of nitro groups is 1. The summed E-state index contributed by atoms with van der Waals surface area (Å²) in [6.45, 7) is 0. The number of fused-ring (bicyclic) bond motifs is 1. The van der Waals surface area contributed by atoms with Crippen LogP contribution < -0.4 is 0 Å². The van der Waals surface area contributed by atoms with Crippen molar-refractivity contribution < 1.29 is 4.92 Å². The monoisotopic (exact) mass is 318 g/mol. The van der Waals surface area contributed by atoms with E-state index in [2.05, 4.69) is 25.9 Å². The first-order chi connectivity index (χ1) is 9.15. The van der Waals surface area contributed by atoms with Crippen LogP contribution in [0.5, 0.6) is 0 Å². The van der Waals surface area contributed by atoms with E-state index in [0.29, 0.717) is 5.82 Å². The minimum Gasteiger partial charge on any atom is -0.285 e. The van der Waals surface area contributed by atoms with Crippen molar-refractivity contribution in [1.82, 2.24) is 14.5 Å². The van der Waals surface area contributed by atoms with Gasteiger partial charge in [0, 0.05) is 28.3 Å². The highest BCUT2D eigenvalue weighted by Gasteiger charge is 2.09. The molecule has 0 atom stereocenters. The third-order valence-corrected chi connectivity index (χ3v) is 3.12. The van der Waals surface area contributed by atoms with Crippen molar-refractivity contribution in [3.05, 3.63) is 57.4 Å². The lowest BCUT2D eigenvalue weighted by atomic mass is 10.3. The first kappa shape index (κ1) is 11.8. The molecule has 19 heavy (non-hydrogen) atoms. The Hall–Kier alpha value is -2.28. The molecule has 0 aliphatic carbocycles. The lowest BCUT2D eigenvalue weighted by molar-refractivity contribution is -0.385. The van der Waals surface area contributed by atoms with Gasteiger partial charge in [-0.1, -0.05) is 0 Å². The van der Waals surface area contributed by atoms with E-state index in [1.54, 1.807) is 16.8 Å². The molecule has 6 nitrogen and oxygen atoms in total. The maximum Gasteiger partial charge on any atom is 0.287 e. The third kappa shape index (κ3) is 2.08. The van der Waals surface area contributed by atoms with E-state index in [1.807, 2.05) is 18.3 Å². The average Bonchev–Trinajstić information content (AvgIpc) is 2.81. The molecule has 0 aliphatic heterocycles. The second-order valence-corrected chi connectivity index (χ2v) is 4.80. The summed E-state index contributed by atoms with van der Waals surface area (Å²) in [5, 5.41) is 11.6. The summed E-state index contributed by atoms with van der Waals surface area (Å²) in [6, 6.07) is 6.88. The van der Waals surface area contributed by atoms with E-state index in [0.717, 1.165) is 15.5 Å². The van der Waals surface area contributed by atoms with Crippen LogP contribution in [0, 0.1) is 10.1 Å². The number of halogens is 1. The molecule has 3 aromatic heterocycles. The number of hydrogen-bond donors (Lipinski definition) is 0. The Morgan fingerprint density at radius 2 is 2.05 bits per heavy atom. The second-order valence-electron chi connectivity index (χ2n) is 3.88. The lowest BCUT2D eigenvalue weighted by Crippen LogP contribution is -1.98. The maximum atomic E-state index is 10.6. The van der Waals surface area contributed by atoms with Gasteiger partial charge in [0.1, 0.15) is 17.7 Å². The van der Waals surface area contributed by atoms with Gasteiger partial charge in [0.25, 0.3) is 5.69 Å². The summed E-state index contributed by atoms with van der Waals surface area (Å²) >= 11 is 3.36. The smallest absolute Gasteiger partial charge is 0.285 e. The Kier molecular flexibility index (Phi) is 2.75. The van der Waals surface area contributed by atoms with Crippen LogP contribution in [0.25, 0.3) is 16.9 Å². The second kappa shape index (κ2) is 4.43. The van der Waals surface area contributed by atoms with Crippen molar-refractivity contribution in [1.29, 1.82) is 0 Å². The van der Waals surface area contributed by atoms with E-state index < -0.39 is 4.92 Å². The van der Waals surface area contributed by atoms with Crippen molar-refractivity contribution in [2.75, 3.05) is 0 Å². The zero-order valence-corrected chi connectivity index (χ0v) is 11.1. The molecule has 0 unspecified atom stereocenters. The van der Waals surface area contributed by atoms with Gasteiger partial charge in [0.15, 0.2) is 0 Å². The van der Waals surface area contributed by atoms with Gasteiger partial charge in [0.05, 0.1) is 4.92 Å². The molecule has 0 amide bonds. The van der Waals surface area contributed by atoms with Gasteiger partial charge in [-0.15, -0.1) is 0 Å². The third-order valence-electron chi connectivity index (χ3n) is 2.68. The fraction of sp³-hybridized carbons (Fsp3) is 0. The molecular weight excluding hydrogens is 312 g/mol. The zero-order valence-electron chi connectivity index (χ0n) is 9.52. The van der Waals surface area contributed by atoms with E-state index in [1.165, 1.54) is 12.3 Å². The molecule has 3 rings (SSSR count). The van der Waals surface area contributed by atoms with Crippen LogP contribution in [0.4, 0.5) is 5.69 Å². The molecule has 0 bridgehead atoms. The Bertz CT molecular complexity index is 767. The number of rotatable bonds is 2. The first-order valence-corrected chi connectivity index (χ1v) is 6.18. The highest BCUT2D eigenvalue weighted by Crippen LogP contribution is 2.21. The number of nitrogens with zero attached hydrogens (tertiary/aromatic N) is 4. The summed E-state index contributed by atoms with van der Waals surface area (Å²) in [4.78, 5) is 18.5. The lowest BCUT2D eigenvalue weighted by Gasteiger charge is -2.03. The first-order valence-electron chi connectivity index (χ1n) is 5.38. The van der Waals surface area contributed by atoms with Gasteiger partial charge >= 0.3 is 0 Å². The molecule has 0 N–H and O–H groups in total. The van der Waals surface area contributed by atoms with E-state index in [9.17, 15) is 10.1 Å². The minimum atomic E-state index is -0.472. The topological polar surface area (TPSA) is 73.8 Å². The molecule has 0 saturated carbocycles. The van der Waals surface area contributed by atoms with Gasteiger partial charge < -0.3 is 0 Å². The van der Waals surface area contributed by atoms with Crippen LogP contribution in [0.2, 0.25) is 0 Å². The highest BCUT2D eigenvalue weighted by molar-refractivity contribution is 9.10. The largest absolute Gasteiger partial charge is 0.287 e. The van der Waals surface area contributed by atoms with E-state index in [4.69, 9.17) is 0 Å². The average molecular weight is 319 g/mol. The van der Waals surface area contributed by atoms with Gasteiger partial charge in [-0.3, -0.25) is 14.7 Å². The Balaban J connectivity index is 2.11. The molecule has 0 aromatic carbocycles. The molecule has 94 valence electrons. The summed E-state index contributed by atoms with van der Waals surface area (Å²) in [7, 11) is 0. The van der Waals surface area contributed by atoms with Crippen LogP contribution in [0.3, 0.4) is 0 Å². The van der Waals surface area contributed by atoms with E-state index >= 15 is 0 Å². The fourth-order valence-electron chi connectivity index (χ4n) is 1.81. The molecule has 7 heteroatoms. The van der Waals surface area contributed by atoms with Gasteiger partial charge in [0.2, 0.25) is 0 Å². The number of aromatic nitrogens is 3. The molecular formula is C12H7BrN4O2. The summed E-state index contributed by atoms with van der Waals surface area (Å²) in [6.07, 6.45) is 4.77. The van der Waals surface area contributed by atoms with Gasteiger partial charge in [-0.25, -0.2) is 9.97 Å². The molecule has 3 heterocycles. The van der Waals surface area contributed by atoms with Crippen LogP contribution in [0.1, 0.15) is 0 Å². The minimum absolute atomic E-state index is 0.0316. The normalized spacial score (nSPS) is 10.8. The Morgan fingerprint density at radius 1 is 1.21 bits per heavy atom.